The molecule has 1 aromatic heterocycles. The van der Waals surface area contributed by atoms with E-state index in [1.165, 1.54) is 6.20 Å². The number of benzene rings is 1. The van der Waals surface area contributed by atoms with E-state index in [2.05, 4.69) is 9.71 Å². The molecule has 0 bridgehead atoms. The van der Waals surface area contributed by atoms with E-state index in [1.54, 1.807) is 6.92 Å². The average molecular weight is 320 g/mol. The second-order valence-corrected chi connectivity index (χ2v) is 6.76. The van der Waals surface area contributed by atoms with Gasteiger partial charge in [-0.2, -0.15) is 0 Å². The molecule has 0 unspecified atom stereocenters. The van der Waals surface area contributed by atoms with Crippen LogP contribution < -0.4 is 4.72 Å². The number of aromatic nitrogens is 1. The monoisotopic (exact) mass is 320 g/mol. The minimum absolute atomic E-state index is 0.0803. The lowest BCUT2D eigenvalue weighted by atomic mass is 10.2. The van der Waals surface area contributed by atoms with Gasteiger partial charge in [-0.3, -0.25) is 4.72 Å². The SMILES string of the molecule is Cc1cnc(NS(=O)(=O)c2ccc(F)c(CO)c2F)s1. The lowest BCUT2D eigenvalue weighted by Crippen LogP contribution is -2.16. The van der Waals surface area contributed by atoms with Crippen LogP contribution in [0.4, 0.5) is 13.9 Å². The molecule has 0 fully saturated rings. The molecule has 108 valence electrons. The Morgan fingerprint density at radius 2 is 2.10 bits per heavy atom. The molecule has 0 saturated heterocycles. The Balaban J connectivity index is 2.44. The van der Waals surface area contributed by atoms with E-state index in [0.717, 1.165) is 28.3 Å². The number of anilines is 1. The van der Waals surface area contributed by atoms with Gasteiger partial charge in [0.1, 0.15) is 10.7 Å². The van der Waals surface area contributed by atoms with E-state index in [0.29, 0.717) is 0 Å². The summed E-state index contributed by atoms with van der Waals surface area (Å²) in [5, 5.41) is 8.96. The Kier molecular flexibility index (Phi) is 4.02. The van der Waals surface area contributed by atoms with Crippen molar-refractivity contribution in [2.45, 2.75) is 18.4 Å². The Labute approximate surface area is 118 Å². The topological polar surface area (TPSA) is 79.3 Å². The van der Waals surface area contributed by atoms with Crippen molar-refractivity contribution in [1.29, 1.82) is 0 Å². The number of aryl methyl sites for hydroxylation is 1. The van der Waals surface area contributed by atoms with Crippen LogP contribution in [-0.2, 0) is 16.6 Å². The summed E-state index contributed by atoms with van der Waals surface area (Å²) >= 11 is 1.08. The summed E-state index contributed by atoms with van der Waals surface area (Å²) < 4.78 is 53.3. The zero-order chi connectivity index (χ0) is 14.9. The van der Waals surface area contributed by atoms with Crippen molar-refractivity contribution in [3.8, 4) is 0 Å². The summed E-state index contributed by atoms with van der Waals surface area (Å²) in [5.74, 6) is -2.32. The van der Waals surface area contributed by atoms with Crippen LogP contribution in [0.5, 0.6) is 0 Å². The van der Waals surface area contributed by atoms with Gasteiger partial charge in [-0.15, -0.1) is 11.3 Å². The normalized spacial score (nSPS) is 11.6. The first-order valence-corrected chi connectivity index (χ1v) is 7.68. The molecule has 2 N–H and O–H groups in total. The Bertz CT molecular complexity index is 744. The van der Waals surface area contributed by atoms with Crippen LogP contribution in [-0.4, -0.2) is 18.5 Å². The van der Waals surface area contributed by atoms with Gasteiger partial charge >= 0.3 is 0 Å². The molecular formula is C11H10F2N2O3S2. The zero-order valence-electron chi connectivity index (χ0n) is 10.2. The predicted molar refractivity (Wildman–Crippen MR) is 69.9 cm³/mol. The van der Waals surface area contributed by atoms with E-state index < -0.39 is 38.7 Å². The number of sulfonamides is 1. The number of aliphatic hydroxyl groups is 1. The molecule has 0 atom stereocenters. The van der Waals surface area contributed by atoms with Gasteiger partial charge in [-0.1, -0.05) is 0 Å². The van der Waals surface area contributed by atoms with E-state index in [1.807, 2.05) is 0 Å². The van der Waals surface area contributed by atoms with Crippen molar-refractivity contribution in [1.82, 2.24) is 4.98 Å². The number of aliphatic hydroxyl groups excluding tert-OH is 1. The number of nitrogens with zero attached hydrogens (tertiary/aromatic N) is 1. The zero-order valence-corrected chi connectivity index (χ0v) is 11.9. The molecule has 5 nitrogen and oxygen atoms in total. The summed E-state index contributed by atoms with van der Waals surface area (Å²) in [4.78, 5) is 3.83. The fourth-order valence-electron chi connectivity index (χ4n) is 1.50. The lowest BCUT2D eigenvalue weighted by molar-refractivity contribution is 0.267. The Morgan fingerprint density at radius 3 is 2.65 bits per heavy atom. The molecular weight excluding hydrogens is 310 g/mol. The number of hydrogen-bond donors (Lipinski definition) is 2. The summed E-state index contributed by atoms with van der Waals surface area (Å²) in [6, 6.07) is 1.59. The predicted octanol–water partition coefficient (Wildman–Crippen LogP) is 2.02. The first kappa shape index (κ1) is 14.8. The molecule has 2 aromatic rings. The molecule has 9 heteroatoms. The maximum atomic E-state index is 13.9. The van der Waals surface area contributed by atoms with Crippen LogP contribution in [0.25, 0.3) is 0 Å². The smallest absolute Gasteiger partial charge is 0.266 e. The summed E-state index contributed by atoms with van der Waals surface area (Å²) in [6.45, 7) is 0.801. The van der Waals surface area contributed by atoms with Crippen LogP contribution in [0.1, 0.15) is 10.4 Å². The number of halogens is 2. The highest BCUT2D eigenvalue weighted by Crippen LogP contribution is 2.25. The third-order valence-corrected chi connectivity index (χ3v) is 4.75. The summed E-state index contributed by atoms with van der Waals surface area (Å²) in [7, 11) is -4.23. The molecule has 0 aliphatic heterocycles. The van der Waals surface area contributed by atoms with Crippen LogP contribution in [0.15, 0.2) is 23.2 Å². The highest BCUT2D eigenvalue weighted by atomic mass is 32.2. The van der Waals surface area contributed by atoms with E-state index >= 15 is 0 Å². The van der Waals surface area contributed by atoms with Crippen molar-refractivity contribution in [3.05, 3.63) is 40.4 Å². The Hall–Kier alpha value is -1.58. The largest absolute Gasteiger partial charge is 0.391 e. The van der Waals surface area contributed by atoms with Gasteiger partial charge in [0, 0.05) is 11.1 Å². The standard InChI is InChI=1S/C11H10F2N2O3S2/c1-6-4-14-11(19-6)15-20(17,18)9-3-2-8(12)7(5-16)10(9)13/h2-4,16H,5H2,1H3,(H,14,15). The molecule has 0 radical (unpaired) electrons. The molecule has 0 saturated carbocycles. The third kappa shape index (κ3) is 2.79. The number of hydrogen-bond acceptors (Lipinski definition) is 5. The fourth-order valence-corrected chi connectivity index (χ4v) is 3.51. The maximum absolute atomic E-state index is 13.9. The van der Waals surface area contributed by atoms with Gasteiger partial charge in [0.15, 0.2) is 10.9 Å². The molecule has 2 rings (SSSR count). The minimum Gasteiger partial charge on any atom is -0.391 e. The second-order valence-electron chi connectivity index (χ2n) is 3.88. The van der Waals surface area contributed by atoms with Crippen molar-refractivity contribution >= 4 is 26.5 Å². The third-order valence-electron chi connectivity index (χ3n) is 2.44. The van der Waals surface area contributed by atoms with Crippen LogP contribution in [0.3, 0.4) is 0 Å². The number of rotatable bonds is 4. The van der Waals surface area contributed by atoms with Gasteiger partial charge in [0.05, 0.1) is 12.2 Å². The highest BCUT2D eigenvalue weighted by Gasteiger charge is 2.24. The van der Waals surface area contributed by atoms with E-state index in [9.17, 15) is 17.2 Å². The van der Waals surface area contributed by atoms with Gasteiger partial charge in [0.2, 0.25) is 0 Å². The molecule has 20 heavy (non-hydrogen) atoms. The molecule has 0 aliphatic rings. The second kappa shape index (κ2) is 5.43. The van der Waals surface area contributed by atoms with Gasteiger partial charge < -0.3 is 5.11 Å². The average Bonchev–Trinajstić information content (AvgIpc) is 2.74. The van der Waals surface area contributed by atoms with Crippen LogP contribution >= 0.6 is 11.3 Å². The van der Waals surface area contributed by atoms with Crippen LogP contribution in [0, 0.1) is 18.6 Å². The Morgan fingerprint density at radius 1 is 1.40 bits per heavy atom. The van der Waals surface area contributed by atoms with E-state index in [4.69, 9.17) is 5.11 Å². The first-order chi connectivity index (χ1) is 9.35. The summed E-state index contributed by atoms with van der Waals surface area (Å²) in [6.07, 6.45) is 1.46. The number of nitrogens with one attached hydrogen (secondary N) is 1. The molecule has 0 spiro atoms. The van der Waals surface area contributed by atoms with Crippen molar-refractivity contribution in [3.63, 3.8) is 0 Å². The lowest BCUT2D eigenvalue weighted by Gasteiger charge is -2.09. The van der Waals surface area contributed by atoms with Gasteiger partial charge in [0.25, 0.3) is 10.0 Å². The molecule has 1 heterocycles. The highest BCUT2D eigenvalue weighted by molar-refractivity contribution is 7.93. The molecule has 0 aliphatic carbocycles. The summed E-state index contributed by atoms with van der Waals surface area (Å²) in [5.41, 5.74) is -0.691. The molecule has 1 aromatic carbocycles. The first-order valence-electron chi connectivity index (χ1n) is 5.38. The quantitative estimate of drug-likeness (QED) is 0.903. The minimum atomic E-state index is -4.23. The van der Waals surface area contributed by atoms with Crippen molar-refractivity contribution in [2.24, 2.45) is 0 Å². The van der Waals surface area contributed by atoms with E-state index in [-0.39, 0.29) is 5.13 Å². The van der Waals surface area contributed by atoms with Crippen molar-refractivity contribution < 1.29 is 22.3 Å². The number of thiazole rings is 1. The van der Waals surface area contributed by atoms with Crippen molar-refractivity contribution in [2.75, 3.05) is 4.72 Å². The fraction of sp³-hybridized carbons (Fsp3) is 0.182. The van der Waals surface area contributed by atoms with Gasteiger partial charge in [-0.05, 0) is 19.1 Å². The van der Waals surface area contributed by atoms with Crippen LogP contribution in [0.2, 0.25) is 0 Å². The molecule has 0 amide bonds. The van der Waals surface area contributed by atoms with Gasteiger partial charge in [-0.25, -0.2) is 22.2 Å². The maximum Gasteiger partial charge on any atom is 0.266 e.